The Bertz CT molecular complexity index is 440. The molecule has 0 spiro atoms. The zero-order valence-electron chi connectivity index (χ0n) is 9.67. The molecule has 17 heavy (non-hydrogen) atoms. The molecule has 6 nitrogen and oxygen atoms in total. The van der Waals surface area contributed by atoms with Crippen molar-refractivity contribution in [3.8, 4) is 0 Å². The second-order valence-corrected chi connectivity index (χ2v) is 9.20. The van der Waals surface area contributed by atoms with Crippen LogP contribution < -0.4 is 0 Å². The Morgan fingerprint density at radius 1 is 0.941 bits per heavy atom. The molecular weight excluding hydrogens is 332 g/mol. The van der Waals surface area contributed by atoms with E-state index < -0.39 is 20.0 Å². The summed E-state index contributed by atoms with van der Waals surface area (Å²) in [5.41, 5.74) is 0. The van der Waals surface area contributed by atoms with Crippen molar-refractivity contribution in [1.29, 1.82) is 0 Å². The highest BCUT2D eigenvalue weighted by Crippen LogP contribution is 2.13. The minimum absolute atomic E-state index is 0.123. The summed E-state index contributed by atoms with van der Waals surface area (Å²) in [4.78, 5) is 0. The predicted molar refractivity (Wildman–Crippen MR) is 69.9 cm³/mol. The lowest BCUT2D eigenvalue weighted by Gasteiger charge is -2.32. The molecule has 9 heteroatoms. The first kappa shape index (κ1) is 15.4. The van der Waals surface area contributed by atoms with E-state index in [0.717, 1.165) is 0 Å². The molecule has 1 saturated heterocycles. The van der Waals surface area contributed by atoms with Gasteiger partial charge in [0.05, 0.1) is 5.75 Å². The van der Waals surface area contributed by atoms with Crippen LogP contribution in [-0.4, -0.2) is 62.0 Å². The number of halogens is 1. The zero-order chi connectivity index (χ0) is 13.1. The molecule has 1 rings (SSSR count). The Balaban J connectivity index is 2.64. The summed E-state index contributed by atoms with van der Waals surface area (Å²) >= 11 is 2.92. The van der Waals surface area contributed by atoms with Gasteiger partial charge >= 0.3 is 0 Å². The maximum Gasteiger partial charge on any atom is 0.224 e. The van der Waals surface area contributed by atoms with E-state index in [4.69, 9.17) is 0 Å². The summed E-state index contributed by atoms with van der Waals surface area (Å²) in [5.74, 6) is 0.123. The van der Waals surface area contributed by atoms with Crippen LogP contribution in [0.1, 0.15) is 13.3 Å². The normalized spacial score (nSPS) is 20.6. The molecule has 1 aliphatic rings. The quantitative estimate of drug-likeness (QED) is 0.656. The molecule has 0 amide bonds. The van der Waals surface area contributed by atoms with Crippen molar-refractivity contribution in [1.82, 2.24) is 8.61 Å². The zero-order valence-corrected chi connectivity index (χ0v) is 12.9. The summed E-state index contributed by atoms with van der Waals surface area (Å²) < 4.78 is 49.2. The predicted octanol–water partition coefficient (Wildman–Crippen LogP) is 0.0260. The Labute approximate surface area is 111 Å². The Morgan fingerprint density at radius 2 is 1.35 bits per heavy atom. The molecule has 0 aromatic carbocycles. The molecule has 0 aliphatic carbocycles. The van der Waals surface area contributed by atoms with E-state index in [1.807, 2.05) is 6.92 Å². The average molecular weight is 349 g/mol. The fraction of sp³-hybridized carbons (Fsp3) is 1.00. The number of alkyl halides is 1. The largest absolute Gasteiger partial charge is 0.224 e. The van der Waals surface area contributed by atoms with Gasteiger partial charge in [-0.15, -0.1) is 0 Å². The van der Waals surface area contributed by atoms with E-state index in [9.17, 15) is 16.8 Å². The standard InChI is InChI=1S/C8H17BrN2O4S2/c1-2-7-16(12,13)10-3-5-11(6-4-10)17(14,15)8-9/h2-8H2,1H3. The van der Waals surface area contributed by atoms with Crippen LogP contribution in [0, 0.1) is 0 Å². The maximum atomic E-state index is 11.8. The van der Waals surface area contributed by atoms with E-state index in [-0.39, 0.29) is 36.6 Å². The fourth-order valence-corrected chi connectivity index (χ4v) is 4.90. The lowest BCUT2D eigenvalue weighted by Crippen LogP contribution is -2.51. The van der Waals surface area contributed by atoms with Gasteiger partial charge in [-0.2, -0.15) is 8.61 Å². The molecule has 0 atom stereocenters. The molecular formula is C8H17BrN2O4S2. The van der Waals surface area contributed by atoms with Gasteiger partial charge in [0.2, 0.25) is 20.0 Å². The molecule has 0 unspecified atom stereocenters. The van der Waals surface area contributed by atoms with Crippen molar-refractivity contribution >= 4 is 36.0 Å². The molecule has 1 heterocycles. The van der Waals surface area contributed by atoms with E-state index in [0.29, 0.717) is 6.42 Å². The SMILES string of the molecule is CCCS(=O)(=O)N1CCN(S(=O)(=O)CBr)CC1. The molecule has 0 radical (unpaired) electrons. The van der Waals surface area contributed by atoms with Crippen LogP contribution in [0.4, 0.5) is 0 Å². The highest BCUT2D eigenvalue weighted by Gasteiger charge is 2.30. The van der Waals surface area contributed by atoms with Gasteiger partial charge in [-0.25, -0.2) is 16.8 Å². The molecule has 0 saturated carbocycles. The number of hydrogen-bond donors (Lipinski definition) is 0. The van der Waals surface area contributed by atoms with Crippen molar-refractivity contribution in [3.63, 3.8) is 0 Å². The molecule has 0 bridgehead atoms. The summed E-state index contributed by atoms with van der Waals surface area (Å²) in [5, 5.41) is 0. The number of hydrogen-bond acceptors (Lipinski definition) is 4. The number of sulfonamides is 2. The Morgan fingerprint density at radius 3 is 1.71 bits per heavy atom. The van der Waals surface area contributed by atoms with Crippen molar-refractivity contribution in [3.05, 3.63) is 0 Å². The maximum absolute atomic E-state index is 11.8. The first-order valence-corrected chi connectivity index (χ1v) is 9.69. The number of rotatable bonds is 5. The second-order valence-electron chi connectivity index (χ2n) is 3.84. The van der Waals surface area contributed by atoms with E-state index >= 15 is 0 Å². The van der Waals surface area contributed by atoms with Gasteiger partial charge in [0.15, 0.2) is 0 Å². The third-order valence-corrected chi connectivity index (χ3v) is 7.82. The van der Waals surface area contributed by atoms with Gasteiger partial charge in [0, 0.05) is 26.2 Å². The summed E-state index contributed by atoms with van der Waals surface area (Å²) in [7, 11) is -6.48. The highest BCUT2D eigenvalue weighted by atomic mass is 79.9. The molecule has 0 N–H and O–H groups in total. The van der Waals surface area contributed by atoms with Crippen LogP contribution in [0.2, 0.25) is 0 Å². The van der Waals surface area contributed by atoms with Crippen molar-refractivity contribution < 1.29 is 16.8 Å². The van der Waals surface area contributed by atoms with Gasteiger partial charge in [-0.05, 0) is 6.42 Å². The lowest BCUT2D eigenvalue weighted by atomic mass is 10.4. The molecule has 1 fully saturated rings. The molecule has 102 valence electrons. The summed E-state index contributed by atoms with van der Waals surface area (Å²) in [6.45, 7) is 2.76. The molecule has 1 aliphatic heterocycles. The third kappa shape index (κ3) is 3.88. The minimum Gasteiger partial charge on any atom is -0.212 e. The monoisotopic (exact) mass is 348 g/mol. The van der Waals surface area contributed by atoms with Crippen LogP contribution >= 0.6 is 15.9 Å². The molecule has 0 aromatic heterocycles. The summed E-state index contributed by atoms with van der Waals surface area (Å²) in [6, 6.07) is 0. The van der Waals surface area contributed by atoms with Gasteiger partial charge in [0.1, 0.15) is 4.66 Å². The topological polar surface area (TPSA) is 74.8 Å². The van der Waals surface area contributed by atoms with Crippen molar-refractivity contribution in [2.24, 2.45) is 0 Å². The van der Waals surface area contributed by atoms with Crippen molar-refractivity contribution in [2.75, 3.05) is 36.6 Å². The fourth-order valence-electron chi connectivity index (χ4n) is 1.68. The van der Waals surface area contributed by atoms with E-state index in [1.165, 1.54) is 8.61 Å². The van der Waals surface area contributed by atoms with Crippen molar-refractivity contribution in [2.45, 2.75) is 13.3 Å². The first-order valence-electron chi connectivity index (χ1n) is 5.35. The van der Waals surface area contributed by atoms with Crippen LogP contribution in [-0.2, 0) is 20.0 Å². The van der Waals surface area contributed by atoms with Crippen LogP contribution in [0.15, 0.2) is 0 Å². The van der Waals surface area contributed by atoms with Gasteiger partial charge in [-0.1, -0.05) is 22.9 Å². The number of piperazine rings is 1. The van der Waals surface area contributed by atoms with Gasteiger partial charge in [0.25, 0.3) is 0 Å². The highest BCUT2D eigenvalue weighted by molar-refractivity contribution is 9.10. The second kappa shape index (κ2) is 5.96. The molecule has 0 aromatic rings. The number of nitrogens with zero attached hydrogens (tertiary/aromatic N) is 2. The first-order chi connectivity index (χ1) is 7.83. The minimum atomic E-state index is -3.27. The lowest BCUT2D eigenvalue weighted by molar-refractivity contribution is 0.274. The van der Waals surface area contributed by atoms with Crippen LogP contribution in [0.25, 0.3) is 0 Å². The summed E-state index contributed by atoms with van der Waals surface area (Å²) in [6.07, 6.45) is 0.572. The van der Waals surface area contributed by atoms with Crippen LogP contribution in [0.3, 0.4) is 0 Å². The Hall–Kier alpha value is 0.300. The van der Waals surface area contributed by atoms with Crippen LogP contribution in [0.5, 0.6) is 0 Å². The van der Waals surface area contributed by atoms with Gasteiger partial charge < -0.3 is 0 Å². The van der Waals surface area contributed by atoms with Gasteiger partial charge in [-0.3, -0.25) is 0 Å². The smallest absolute Gasteiger partial charge is 0.212 e. The van der Waals surface area contributed by atoms with E-state index in [1.54, 1.807) is 0 Å². The van der Waals surface area contributed by atoms with E-state index in [2.05, 4.69) is 15.9 Å². The third-order valence-electron chi connectivity index (χ3n) is 2.58. The Kier molecular flexibility index (Phi) is 5.39. The average Bonchev–Trinajstić information content (AvgIpc) is 2.29.